The van der Waals surface area contributed by atoms with Gasteiger partial charge in [0.2, 0.25) is 11.8 Å². The molecule has 3 amide bonds. The second-order valence-electron chi connectivity index (χ2n) is 5.84. The third-order valence-electron chi connectivity index (χ3n) is 3.31. The Morgan fingerprint density at radius 2 is 1.96 bits per heavy atom. The number of hydrogen-bond acceptors (Lipinski definition) is 5. The van der Waals surface area contributed by atoms with Crippen LogP contribution in [0.5, 0.6) is 0 Å². The number of anilines is 1. The fourth-order valence-corrected chi connectivity index (χ4v) is 2.06. The summed E-state index contributed by atoms with van der Waals surface area (Å²) in [6, 6.07) is 4.61. The lowest BCUT2D eigenvalue weighted by Gasteiger charge is -2.21. The van der Waals surface area contributed by atoms with Gasteiger partial charge in [0.15, 0.2) is 0 Å². The fraction of sp³-hybridized carbons (Fsp3) is 0.529. The number of nitrogens with one attached hydrogen (secondary N) is 3. The minimum absolute atomic E-state index is 0.103. The van der Waals surface area contributed by atoms with Crippen LogP contribution in [0.25, 0.3) is 0 Å². The van der Waals surface area contributed by atoms with Crippen molar-refractivity contribution >= 4 is 23.7 Å². The fourth-order valence-electron chi connectivity index (χ4n) is 2.06. The van der Waals surface area contributed by atoms with E-state index in [2.05, 4.69) is 20.9 Å². The standard InChI is InChI=1S/C17H26N4O4/c1-5-25-17(24)21-15(11(2)3)16(23)18-10-9-14(22)20-13-8-6-7-12(4)19-13/h6-8,11,15H,5,9-10H2,1-4H3,(H,18,23)(H,21,24)(H,19,20,22). The molecule has 1 heterocycles. The molecular formula is C17H26N4O4. The topological polar surface area (TPSA) is 109 Å². The molecule has 0 aliphatic carbocycles. The summed E-state index contributed by atoms with van der Waals surface area (Å²) < 4.78 is 4.79. The van der Waals surface area contributed by atoms with Gasteiger partial charge in [0, 0.05) is 18.7 Å². The Kier molecular flexibility index (Phi) is 8.38. The molecule has 0 saturated carbocycles. The predicted molar refractivity (Wildman–Crippen MR) is 94.0 cm³/mol. The molecule has 0 spiro atoms. The Morgan fingerprint density at radius 3 is 2.56 bits per heavy atom. The molecule has 1 atom stereocenters. The number of pyridine rings is 1. The average Bonchev–Trinajstić information content (AvgIpc) is 2.52. The highest BCUT2D eigenvalue weighted by Crippen LogP contribution is 2.05. The molecule has 138 valence electrons. The lowest BCUT2D eigenvalue weighted by Crippen LogP contribution is -2.50. The maximum absolute atomic E-state index is 12.2. The van der Waals surface area contributed by atoms with Gasteiger partial charge in [-0.25, -0.2) is 9.78 Å². The van der Waals surface area contributed by atoms with Gasteiger partial charge in [-0.05, 0) is 31.9 Å². The zero-order valence-electron chi connectivity index (χ0n) is 15.1. The van der Waals surface area contributed by atoms with Crippen molar-refractivity contribution in [3.05, 3.63) is 23.9 Å². The van der Waals surface area contributed by atoms with Crippen molar-refractivity contribution < 1.29 is 19.1 Å². The molecule has 1 aromatic heterocycles. The maximum Gasteiger partial charge on any atom is 0.407 e. The van der Waals surface area contributed by atoms with Gasteiger partial charge in [0.05, 0.1) is 6.61 Å². The van der Waals surface area contributed by atoms with Crippen molar-refractivity contribution in [3.8, 4) is 0 Å². The van der Waals surface area contributed by atoms with Crippen LogP contribution in [0.2, 0.25) is 0 Å². The molecule has 25 heavy (non-hydrogen) atoms. The van der Waals surface area contributed by atoms with Gasteiger partial charge < -0.3 is 20.7 Å². The predicted octanol–water partition coefficient (Wildman–Crippen LogP) is 1.61. The highest BCUT2D eigenvalue weighted by atomic mass is 16.5. The van der Waals surface area contributed by atoms with Gasteiger partial charge >= 0.3 is 6.09 Å². The average molecular weight is 350 g/mol. The summed E-state index contributed by atoms with van der Waals surface area (Å²) in [6.45, 7) is 7.53. The van der Waals surface area contributed by atoms with Gasteiger partial charge in [0.25, 0.3) is 0 Å². The first-order valence-corrected chi connectivity index (χ1v) is 8.28. The van der Waals surface area contributed by atoms with Crippen molar-refractivity contribution in [2.45, 2.75) is 40.2 Å². The number of aryl methyl sites for hydroxylation is 1. The molecule has 1 aromatic rings. The Morgan fingerprint density at radius 1 is 1.24 bits per heavy atom. The van der Waals surface area contributed by atoms with E-state index in [-0.39, 0.29) is 37.3 Å². The quantitative estimate of drug-likeness (QED) is 0.660. The third-order valence-corrected chi connectivity index (χ3v) is 3.31. The van der Waals surface area contributed by atoms with E-state index in [0.717, 1.165) is 5.69 Å². The SMILES string of the molecule is CCOC(=O)NC(C(=O)NCCC(=O)Nc1cccc(C)n1)C(C)C. The van der Waals surface area contributed by atoms with Crippen molar-refractivity contribution in [1.82, 2.24) is 15.6 Å². The van der Waals surface area contributed by atoms with Crippen LogP contribution in [0.3, 0.4) is 0 Å². The van der Waals surface area contributed by atoms with E-state index in [1.807, 2.05) is 26.8 Å². The third kappa shape index (κ3) is 7.65. The van der Waals surface area contributed by atoms with Crippen LogP contribution < -0.4 is 16.0 Å². The summed E-state index contributed by atoms with van der Waals surface area (Å²) in [5, 5.41) is 7.83. The van der Waals surface area contributed by atoms with Gasteiger partial charge in [-0.15, -0.1) is 0 Å². The van der Waals surface area contributed by atoms with Crippen LogP contribution in [-0.4, -0.2) is 42.1 Å². The zero-order chi connectivity index (χ0) is 18.8. The number of aromatic nitrogens is 1. The number of alkyl carbamates (subject to hydrolysis) is 1. The summed E-state index contributed by atoms with van der Waals surface area (Å²) in [7, 11) is 0. The number of rotatable bonds is 8. The summed E-state index contributed by atoms with van der Waals surface area (Å²) in [5.74, 6) is -0.252. The first kappa shape index (κ1) is 20.4. The Bertz CT molecular complexity index is 604. The van der Waals surface area contributed by atoms with Crippen molar-refractivity contribution in [2.24, 2.45) is 5.92 Å². The number of nitrogens with zero attached hydrogens (tertiary/aromatic N) is 1. The molecule has 0 fully saturated rings. The number of carbonyl (C=O) groups is 3. The summed E-state index contributed by atoms with van der Waals surface area (Å²) >= 11 is 0. The molecule has 0 aromatic carbocycles. The Labute approximate surface area is 147 Å². The summed E-state index contributed by atoms with van der Waals surface area (Å²) in [5.41, 5.74) is 0.802. The van der Waals surface area contributed by atoms with Gasteiger partial charge in [-0.1, -0.05) is 19.9 Å². The molecule has 0 saturated heterocycles. The van der Waals surface area contributed by atoms with E-state index >= 15 is 0 Å². The number of hydrogen-bond donors (Lipinski definition) is 3. The molecule has 8 nitrogen and oxygen atoms in total. The first-order chi connectivity index (χ1) is 11.8. The molecule has 0 radical (unpaired) electrons. The van der Waals surface area contributed by atoms with Crippen molar-refractivity contribution in [2.75, 3.05) is 18.5 Å². The monoisotopic (exact) mass is 350 g/mol. The smallest absolute Gasteiger partial charge is 0.407 e. The molecule has 8 heteroatoms. The van der Waals surface area contributed by atoms with Crippen LogP contribution in [0.4, 0.5) is 10.6 Å². The van der Waals surface area contributed by atoms with E-state index in [1.165, 1.54) is 0 Å². The molecule has 1 unspecified atom stereocenters. The lowest BCUT2D eigenvalue weighted by atomic mass is 10.0. The minimum Gasteiger partial charge on any atom is -0.450 e. The molecule has 3 N–H and O–H groups in total. The van der Waals surface area contributed by atoms with Crippen LogP contribution in [0.1, 0.15) is 32.9 Å². The highest BCUT2D eigenvalue weighted by molar-refractivity contribution is 5.90. The van der Waals surface area contributed by atoms with Gasteiger partial charge in [0.1, 0.15) is 11.9 Å². The van der Waals surface area contributed by atoms with Crippen LogP contribution in [-0.2, 0) is 14.3 Å². The van der Waals surface area contributed by atoms with E-state index in [1.54, 1.807) is 19.1 Å². The molecule has 0 aliphatic rings. The van der Waals surface area contributed by atoms with Crippen LogP contribution in [0, 0.1) is 12.8 Å². The van der Waals surface area contributed by atoms with E-state index in [0.29, 0.717) is 5.82 Å². The normalized spacial score (nSPS) is 11.6. The summed E-state index contributed by atoms with van der Waals surface area (Å²) in [4.78, 5) is 39.7. The maximum atomic E-state index is 12.2. The summed E-state index contributed by atoms with van der Waals surface area (Å²) in [6.07, 6.45) is -0.536. The Hall–Kier alpha value is -2.64. The second-order valence-corrected chi connectivity index (χ2v) is 5.84. The molecule has 0 aliphatic heterocycles. The van der Waals surface area contributed by atoms with Crippen LogP contribution >= 0.6 is 0 Å². The van der Waals surface area contributed by atoms with Crippen molar-refractivity contribution in [1.29, 1.82) is 0 Å². The van der Waals surface area contributed by atoms with Crippen molar-refractivity contribution in [3.63, 3.8) is 0 Å². The molecule has 1 rings (SSSR count). The highest BCUT2D eigenvalue weighted by Gasteiger charge is 2.24. The van der Waals surface area contributed by atoms with E-state index in [9.17, 15) is 14.4 Å². The van der Waals surface area contributed by atoms with Gasteiger partial charge in [-0.2, -0.15) is 0 Å². The molecule has 0 bridgehead atoms. The number of amides is 3. The van der Waals surface area contributed by atoms with E-state index in [4.69, 9.17) is 4.74 Å². The van der Waals surface area contributed by atoms with Crippen LogP contribution in [0.15, 0.2) is 18.2 Å². The van der Waals surface area contributed by atoms with E-state index < -0.39 is 12.1 Å². The van der Waals surface area contributed by atoms with Gasteiger partial charge in [-0.3, -0.25) is 9.59 Å². The minimum atomic E-state index is -0.722. The molecular weight excluding hydrogens is 324 g/mol. The largest absolute Gasteiger partial charge is 0.450 e. The lowest BCUT2D eigenvalue weighted by molar-refractivity contribution is -0.124. The first-order valence-electron chi connectivity index (χ1n) is 8.28. The zero-order valence-corrected chi connectivity index (χ0v) is 15.1. The Balaban J connectivity index is 2.43. The number of carbonyl (C=O) groups excluding carboxylic acids is 3. The number of ether oxygens (including phenoxy) is 1. The second kappa shape index (κ2) is 10.3.